The van der Waals surface area contributed by atoms with Gasteiger partial charge in [-0.15, -0.1) is 11.3 Å². The van der Waals surface area contributed by atoms with Gasteiger partial charge in [-0.2, -0.15) is 0 Å². The topological polar surface area (TPSA) is 69.6 Å². The number of rotatable bonds is 3. The van der Waals surface area contributed by atoms with E-state index in [-0.39, 0.29) is 11.6 Å². The highest BCUT2D eigenvalue weighted by Gasteiger charge is 2.23. The third-order valence-electron chi connectivity index (χ3n) is 3.17. The third-order valence-corrected chi connectivity index (χ3v) is 4.03. The number of hydrogen-bond acceptors (Lipinski definition) is 3. The van der Waals surface area contributed by atoms with Crippen molar-refractivity contribution in [2.75, 3.05) is 5.32 Å². The first-order chi connectivity index (χ1) is 9.63. The smallest absolute Gasteiger partial charge is 0.335 e. The van der Waals surface area contributed by atoms with E-state index in [2.05, 4.69) is 5.32 Å². The predicted octanol–water partition coefficient (Wildman–Crippen LogP) is 2.99. The van der Waals surface area contributed by atoms with Crippen molar-refractivity contribution < 1.29 is 14.7 Å². The molecule has 102 valence electrons. The maximum Gasteiger partial charge on any atom is 0.335 e. The first kappa shape index (κ1) is 12.7. The summed E-state index contributed by atoms with van der Waals surface area (Å²) < 4.78 is 0. The fraction of sp³-hybridized carbons (Fsp3) is 0.143. The number of benzene rings is 1. The summed E-state index contributed by atoms with van der Waals surface area (Å²) in [5.74, 6) is -0.963. The lowest BCUT2D eigenvalue weighted by atomic mass is 10.1. The normalized spacial score (nSPS) is 13.8. The molecule has 0 spiro atoms. The molecule has 5 nitrogen and oxygen atoms in total. The Bertz CT molecular complexity index is 667. The summed E-state index contributed by atoms with van der Waals surface area (Å²) in [6.45, 7) is 0.945. The maximum atomic E-state index is 12.0. The van der Waals surface area contributed by atoms with Crippen LogP contribution in [0.2, 0.25) is 0 Å². The van der Waals surface area contributed by atoms with Crippen LogP contribution in [0.4, 0.5) is 10.5 Å². The molecule has 2 heterocycles. The van der Waals surface area contributed by atoms with Crippen LogP contribution in [-0.2, 0) is 13.1 Å². The molecule has 0 bridgehead atoms. The molecule has 2 amide bonds. The minimum Gasteiger partial charge on any atom is -0.478 e. The highest BCUT2D eigenvalue weighted by Crippen LogP contribution is 2.26. The van der Waals surface area contributed by atoms with Gasteiger partial charge in [-0.05, 0) is 35.2 Å². The molecule has 3 rings (SSSR count). The summed E-state index contributed by atoms with van der Waals surface area (Å²) >= 11 is 1.59. The lowest BCUT2D eigenvalue weighted by Gasteiger charge is -2.29. The number of carboxylic acid groups (broad SMARTS) is 1. The molecule has 0 saturated heterocycles. The molecule has 0 saturated carbocycles. The van der Waals surface area contributed by atoms with Crippen LogP contribution in [0.25, 0.3) is 0 Å². The van der Waals surface area contributed by atoms with E-state index < -0.39 is 5.97 Å². The Morgan fingerprint density at radius 3 is 2.95 bits per heavy atom. The number of carbonyl (C=O) groups is 2. The molecular weight excluding hydrogens is 276 g/mol. The zero-order chi connectivity index (χ0) is 14.1. The van der Waals surface area contributed by atoms with Crippen molar-refractivity contribution in [2.45, 2.75) is 13.1 Å². The molecule has 0 fully saturated rings. The summed E-state index contributed by atoms with van der Waals surface area (Å²) in [6.07, 6.45) is 0. The van der Waals surface area contributed by atoms with Gasteiger partial charge in [0.05, 0.1) is 12.1 Å². The Kier molecular flexibility index (Phi) is 3.15. The number of nitrogens with zero attached hydrogens (tertiary/aromatic N) is 1. The molecule has 1 aliphatic heterocycles. The van der Waals surface area contributed by atoms with Crippen LogP contribution < -0.4 is 5.32 Å². The van der Waals surface area contributed by atoms with Crippen LogP contribution in [0, 0.1) is 0 Å². The average molecular weight is 288 g/mol. The van der Waals surface area contributed by atoms with Crippen LogP contribution >= 0.6 is 11.3 Å². The van der Waals surface area contributed by atoms with Crippen molar-refractivity contribution in [1.82, 2.24) is 4.90 Å². The second kappa shape index (κ2) is 4.97. The van der Waals surface area contributed by atoms with Gasteiger partial charge >= 0.3 is 12.0 Å². The molecule has 0 radical (unpaired) electrons. The number of fused-ring (bicyclic) bond motifs is 1. The van der Waals surface area contributed by atoms with E-state index in [0.717, 1.165) is 10.4 Å². The predicted molar refractivity (Wildman–Crippen MR) is 76.0 cm³/mol. The summed E-state index contributed by atoms with van der Waals surface area (Å²) in [5, 5.41) is 13.8. The summed E-state index contributed by atoms with van der Waals surface area (Å²) in [5.41, 5.74) is 1.74. The van der Waals surface area contributed by atoms with Gasteiger partial charge < -0.3 is 15.3 Å². The van der Waals surface area contributed by atoms with Gasteiger partial charge in [0.1, 0.15) is 0 Å². The maximum absolute atomic E-state index is 12.0. The molecule has 6 heteroatoms. The number of thiophene rings is 1. The molecule has 0 atom stereocenters. The molecule has 0 aliphatic carbocycles. The van der Waals surface area contributed by atoms with Crippen molar-refractivity contribution in [1.29, 1.82) is 0 Å². The van der Waals surface area contributed by atoms with Crippen LogP contribution in [0.3, 0.4) is 0 Å². The molecule has 1 aromatic carbocycles. The van der Waals surface area contributed by atoms with Crippen LogP contribution in [0.5, 0.6) is 0 Å². The summed E-state index contributed by atoms with van der Waals surface area (Å²) in [7, 11) is 0. The van der Waals surface area contributed by atoms with Gasteiger partial charge in [0.25, 0.3) is 0 Å². The van der Waals surface area contributed by atoms with Crippen molar-refractivity contribution in [3.8, 4) is 0 Å². The molecule has 1 aliphatic rings. The first-order valence-electron chi connectivity index (χ1n) is 6.08. The van der Waals surface area contributed by atoms with Gasteiger partial charge in [-0.25, -0.2) is 9.59 Å². The molecular formula is C14H12N2O3S. The Morgan fingerprint density at radius 2 is 2.25 bits per heavy atom. The zero-order valence-electron chi connectivity index (χ0n) is 10.5. The SMILES string of the molecule is O=C(O)c1ccc2c(c1)CN(Cc1cccs1)C(=O)N2. The summed E-state index contributed by atoms with van der Waals surface area (Å²) in [4.78, 5) is 25.8. The lowest BCUT2D eigenvalue weighted by molar-refractivity contribution is 0.0696. The van der Waals surface area contributed by atoms with Crippen LogP contribution in [-0.4, -0.2) is 22.0 Å². The van der Waals surface area contributed by atoms with Gasteiger partial charge in [-0.1, -0.05) is 6.07 Å². The van der Waals surface area contributed by atoms with Gasteiger partial charge in [0.15, 0.2) is 0 Å². The zero-order valence-corrected chi connectivity index (χ0v) is 11.3. The number of hydrogen-bond donors (Lipinski definition) is 2. The largest absolute Gasteiger partial charge is 0.478 e. The van der Waals surface area contributed by atoms with Crippen LogP contribution in [0.15, 0.2) is 35.7 Å². The minimum absolute atomic E-state index is 0.158. The van der Waals surface area contributed by atoms with E-state index in [9.17, 15) is 9.59 Å². The Hall–Kier alpha value is -2.34. The quantitative estimate of drug-likeness (QED) is 0.912. The van der Waals surface area contributed by atoms with Gasteiger partial charge in [0, 0.05) is 17.1 Å². The fourth-order valence-corrected chi connectivity index (χ4v) is 2.89. The number of carbonyl (C=O) groups excluding carboxylic acids is 1. The Morgan fingerprint density at radius 1 is 1.40 bits per heavy atom. The summed E-state index contributed by atoms with van der Waals surface area (Å²) in [6, 6.07) is 8.50. The van der Waals surface area contributed by atoms with E-state index in [1.54, 1.807) is 28.4 Å². The number of nitrogens with one attached hydrogen (secondary N) is 1. The second-order valence-corrected chi connectivity index (χ2v) is 5.57. The van der Waals surface area contributed by atoms with Crippen molar-refractivity contribution in [3.63, 3.8) is 0 Å². The fourth-order valence-electron chi connectivity index (χ4n) is 2.17. The second-order valence-electron chi connectivity index (χ2n) is 4.54. The highest BCUT2D eigenvalue weighted by molar-refractivity contribution is 7.09. The Balaban J connectivity index is 1.86. The number of carboxylic acids is 1. The minimum atomic E-state index is -0.963. The van der Waals surface area contributed by atoms with Crippen molar-refractivity contribution in [2.24, 2.45) is 0 Å². The van der Waals surface area contributed by atoms with Gasteiger partial charge in [-0.3, -0.25) is 0 Å². The molecule has 2 aromatic rings. The van der Waals surface area contributed by atoms with E-state index >= 15 is 0 Å². The van der Waals surface area contributed by atoms with E-state index in [1.165, 1.54) is 6.07 Å². The van der Waals surface area contributed by atoms with Crippen molar-refractivity contribution >= 4 is 29.0 Å². The van der Waals surface area contributed by atoms with Crippen molar-refractivity contribution in [3.05, 3.63) is 51.7 Å². The average Bonchev–Trinajstić information content (AvgIpc) is 2.92. The molecule has 20 heavy (non-hydrogen) atoms. The first-order valence-corrected chi connectivity index (χ1v) is 6.96. The van der Waals surface area contributed by atoms with E-state index in [4.69, 9.17) is 5.11 Å². The van der Waals surface area contributed by atoms with E-state index in [0.29, 0.717) is 18.8 Å². The standard InChI is InChI=1S/C14H12N2O3S/c17-13(18)9-3-4-12-10(6-9)7-16(14(19)15-12)8-11-2-1-5-20-11/h1-6H,7-8H2,(H,15,19)(H,17,18). The highest BCUT2D eigenvalue weighted by atomic mass is 32.1. The third kappa shape index (κ3) is 2.37. The monoisotopic (exact) mass is 288 g/mol. The van der Waals surface area contributed by atoms with Gasteiger partial charge in [0.2, 0.25) is 0 Å². The number of aromatic carboxylic acids is 1. The molecule has 1 aromatic heterocycles. The lowest BCUT2D eigenvalue weighted by Crippen LogP contribution is -2.38. The Labute approximate surface area is 119 Å². The molecule has 0 unspecified atom stereocenters. The number of amides is 2. The number of urea groups is 1. The van der Waals surface area contributed by atoms with Crippen LogP contribution in [0.1, 0.15) is 20.8 Å². The molecule has 2 N–H and O–H groups in total. The van der Waals surface area contributed by atoms with E-state index in [1.807, 2.05) is 17.5 Å². The number of anilines is 1.